The Morgan fingerprint density at radius 3 is 2.82 bits per heavy atom. The summed E-state index contributed by atoms with van der Waals surface area (Å²) < 4.78 is 35.2. The van der Waals surface area contributed by atoms with Crippen molar-refractivity contribution in [3.05, 3.63) is 60.0 Å². The maximum atomic E-state index is 12.3. The SMILES string of the molecule is CCc1cccc(Oc2ccc(S(=O)(=O)NC)cc2-c2cn3c(n2)CCC3)c1. The van der Waals surface area contributed by atoms with E-state index in [1.165, 1.54) is 12.6 Å². The van der Waals surface area contributed by atoms with Gasteiger partial charge in [0.25, 0.3) is 0 Å². The molecule has 0 spiro atoms. The van der Waals surface area contributed by atoms with E-state index < -0.39 is 10.0 Å². The molecule has 0 radical (unpaired) electrons. The molecule has 1 aliphatic heterocycles. The number of nitrogens with one attached hydrogen (secondary N) is 1. The topological polar surface area (TPSA) is 73.2 Å². The number of aryl methyl sites for hydroxylation is 3. The first-order valence-electron chi connectivity index (χ1n) is 9.41. The van der Waals surface area contributed by atoms with E-state index in [9.17, 15) is 8.42 Å². The molecule has 0 fully saturated rings. The van der Waals surface area contributed by atoms with E-state index in [0.29, 0.717) is 11.3 Å². The average Bonchev–Trinajstić information content (AvgIpc) is 3.30. The monoisotopic (exact) mass is 397 g/mol. The van der Waals surface area contributed by atoms with Gasteiger partial charge < -0.3 is 9.30 Å². The zero-order valence-electron chi connectivity index (χ0n) is 16.0. The lowest BCUT2D eigenvalue weighted by atomic mass is 10.1. The number of hydrogen-bond acceptors (Lipinski definition) is 4. The van der Waals surface area contributed by atoms with E-state index in [-0.39, 0.29) is 4.90 Å². The largest absolute Gasteiger partial charge is 0.457 e. The van der Waals surface area contributed by atoms with Crippen LogP contribution in [-0.4, -0.2) is 25.0 Å². The van der Waals surface area contributed by atoms with Crippen LogP contribution < -0.4 is 9.46 Å². The molecule has 7 heteroatoms. The fourth-order valence-electron chi connectivity index (χ4n) is 3.42. The van der Waals surface area contributed by atoms with Gasteiger partial charge in [0.1, 0.15) is 17.3 Å². The van der Waals surface area contributed by atoms with Crippen molar-refractivity contribution in [2.75, 3.05) is 7.05 Å². The Morgan fingerprint density at radius 1 is 1.21 bits per heavy atom. The first-order chi connectivity index (χ1) is 13.5. The van der Waals surface area contributed by atoms with Crippen LogP contribution in [0.1, 0.15) is 24.7 Å². The van der Waals surface area contributed by atoms with Gasteiger partial charge in [-0.15, -0.1) is 0 Å². The number of sulfonamides is 1. The predicted octanol–water partition coefficient (Wildman–Crippen LogP) is 3.76. The molecule has 0 aliphatic carbocycles. The van der Waals surface area contributed by atoms with Crippen LogP contribution in [-0.2, 0) is 29.4 Å². The van der Waals surface area contributed by atoms with E-state index in [2.05, 4.69) is 22.3 Å². The van der Waals surface area contributed by atoms with Crippen molar-refractivity contribution in [3.8, 4) is 22.8 Å². The summed E-state index contributed by atoms with van der Waals surface area (Å²) in [6.07, 6.45) is 4.91. The molecule has 2 heterocycles. The quantitative estimate of drug-likeness (QED) is 0.687. The lowest BCUT2D eigenvalue weighted by Crippen LogP contribution is -2.18. The molecule has 0 saturated carbocycles. The number of rotatable bonds is 6. The zero-order chi connectivity index (χ0) is 19.7. The number of aromatic nitrogens is 2. The van der Waals surface area contributed by atoms with Crippen molar-refractivity contribution in [2.24, 2.45) is 0 Å². The minimum atomic E-state index is -3.56. The normalized spacial score (nSPS) is 13.5. The van der Waals surface area contributed by atoms with E-state index >= 15 is 0 Å². The van der Waals surface area contributed by atoms with Crippen molar-refractivity contribution in [2.45, 2.75) is 37.6 Å². The number of nitrogens with zero attached hydrogens (tertiary/aromatic N) is 2. The average molecular weight is 398 g/mol. The van der Waals surface area contributed by atoms with Gasteiger partial charge in [-0.3, -0.25) is 0 Å². The lowest BCUT2D eigenvalue weighted by molar-refractivity contribution is 0.483. The molecule has 1 aliphatic rings. The van der Waals surface area contributed by atoms with Crippen LogP contribution >= 0.6 is 0 Å². The highest BCUT2D eigenvalue weighted by Gasteiger charge is 2.20. The Labute approximate surface area is 165 Å². The van der Waals surface area contributed by atoms with Gasteiger partial charge in [0.05, 0.1) is 10.6 Å². The Hall–Kier alpha value is -2.64. The summed E-state index contributed by atoms with van der Waals surface area (Å²) in [5, 5.41) is 0. The molecule has 1 N–H and O–H groups in total. The Kier molecular flexibility index (Phi) is 4.95. The maximum absolute atomic E-state index is 12.3. The molecule has 0 unspecified atom stereocenters. The highest BCUT2D eigenvalue weighted by molar-refractivity contribution is 7.89. The van der Waals surface area contributed by atoms with Gasteiger partial charge in [0.15, 0.2) is 0 Å². The summed E-state index contributed by atoms with van der Waals surface area (Å²) in [4.78, 5) is 4.90. The number of hydrogen-bond donors (Lipinski definition) is 1. The smallest absolute Gasteiger partial charge is 0.240 e. The molecule has 0 bridgehead atoms. The standard InChI is InChI=1S/C21H23N3O3S/c1-3-15-6-4-7-16(12-15)27-20-10-9-17(28(25,26)22-2)13-18(20)19-14-24-11-5-8-21(24)23-19/h4,6-7,9-10,12-14,22H,3,5,8,11H2,1-2H3. The van der Waals surface area contributed by atoms with Crippen molar-refractivity contribution in [1.29, 1.82) is 0 Å². The summed E-state index contributed by atoms with van der Waals surface area (Å²) in [6.45, 7) is 3.03. The summed E-state index contributed by atoms with van der Waals surface area (Å²) >= 11 is 0. The third kappa shape index (κ3) is 3.55. The molecule has 6 nitrogen and oxygen atoms in total. The highest BCUT2D eigenvalue weighted by Crippen LogP contribution is 2.36. The molecule has 1 aromatic heterocycles. The van der Waals surface area contributed by atoms with Crippen LogP contribution in [0.25, 0.3) is 11.3 Å². The second-order valence-electron chi connectivity index (χ2n) is 6.81. The van der Waals surface area contributed by atoms with E-state index in [1.807, 2.05) is 24.4 Å². The van der Waals surface area contributed by atoms with Crippen molar-refractivity contribution >= 4 is 10.0 Å². The summed E-state index contributed by atoms with van der Waals surface area (Å²) in [7, 11) is -2.16. The third-order valence-corrected chi connectivity index (χ3v) is 6.41. The molecular weight excluding hydrogens is 374 g/mol. The van der Waals surface area contributed by atoms with Crippen LogP contribution in [0.2, 0.25) is 0 Å². The van der Waals surface area contributed by atoms with Gasteiger partial charge in [-0.05, 0) is 55.8 Å². The predicted molar refractivity (Wildman–Crippen MR) is 108 cm³/mol. The number of ether oxygens (including phenoxy) is 1. The molecule has 4 rings (SSSR count). The van der Waals surface area contributed by atoms with Gasteiger partial charge >= 0.3 is 0 Å². The highest BCUT2D eigenvalue weighted by atomic mass is 32.2. The zero-order valence-corrected chi connectivity index (χ0v) is 16.8. The van der Waals surface area contributed by atoms with Crippen molar-refractivity contribution < 1.29 is 13.2 Å². The van der Waals surface area contributed by atoms with Crippen LogP contribution in [0.4, 0.5) is 0 Å². The molecular formula is C21H23N3O3S. The molecule has 0 atom stereocenters. The van der Waals surface area contributed by atoms with E-state index in [1.54, 1.807) is 18.2 Å². The Morgan fingerprint density at radius 2 is 2.07 bits per heavy atom. The van der Waals surface area contributed by atoms with Crippen LogP contribution in [0.15, 0.2) is 53.6 Å². The molecule has 3 aromatic rings. The first-order valence-corrected chi connectivity index (χ1v) is 10.9. The van der Waals surface area contributed by atoms with Gasteiger partial charge in [-0.25, -0.2) is 18.1 Å². The molecule has 0 saturated heterocycles. The van der Waals surface area contributed by atoms with Gasteiger partial charge in [-0.1, -0.05) is 19.1 Å². The fourth-order valence-corrected chi connectivity index (χ4v) is 4.18. The molecule has 2 aromatic carbocycles. The summed E-state index contributed by atoms with van der Waals surface area (Å²) in [5.74, 6) is 2.33. The Balaban J connectivity index is 1.80. The maximum Gasteiger partial charge on any atom is 0.240 e. The third-order valence-electron chi connectivity index (χ3n) is 5.00. The van der Waals surface area contributed by atoms with Gasteiger partial charge in [0, 0.05) is 24.7 Å². The first kappa shape index (κ1) is 18.7. The minimum Gasteiger partial charge on any atom is -0.457 e. The molecule has 146 valence electrons. The minimum absolute atomic E-state index is 0.188. The van der Waals surface area contributed by atoms with Crippen molar-refractivity contribution in [3.63, 3.8) is 0 Å². The van der Waals surface area contributed by atoms with E-state index in [4.69, 9.17) is 9.72 Å². The van der Waals surface area contributed by atoms with Crippen LogP contribution in [0.3, 0.4) is 0 Å². The summed E-state index contributed by atoms with van der Waals surface area (Å²) in [5.41, 5.74) is 2.57. The number of benzene rings is 2. The fraction of sp³-hybridized carbons (Fsp3) is 0.286. The second-order valence-corrected chi connectivity index (χ2v) is 8.69. The van der Waals surface area contributed by atoms with Gasteiger partial charge in [-0.2, -0.15) is 0 Å². The number of fused-ring (bicyclic) bond motifs is 1. The molecule has 0 amide bonds. The Bertz CT molecular complexity index is 1100. The second kappa shape index (κ2) is 7.41. The number of imidazole rings is 1. The van der Waals surface area contributed by atoms with Crippen LogP contribution in [0, 0.1) is 0 Å². The van der Waals surface area contributed by atoms with E-state index in [0.717, 1.165) is 43.1 Å². The van der Waals surface area contributed by atoms with Crippen LogP contribution in [0.5, 0.6) is 11.5 Å². The lowest BCUT2D eigenvalue weighted by Gasteiger charge is -2.13. The van der Waals surface area contributed by atoms with Gasteiger partial charge in [0.2, 0.25) is 10.0 Å². The van der Waals surface area contributed by atoms with Crippen molar-refractivity contribution in [1.82, 2.24) is 14.3 Å². The summed E-state index contributed by atoms with van der Waals surface area (Å²) in [6, 6.07) is 12.8. The molecule has 28 heavy (non-hydrogen) atoms.